The minimum absolute atomic E-state index is 0.0302. The molecule has 0 aromatic rings. The second-order valence-corrected chi connectivity index (χ2v) is 9.44. The first-order valence-corrected chi connectivity index (χ1v) is 14.2. The molecule has 3 unspecified atom stereocenters. The van der Waals surface area contributed by atoms with Crippen molar-refractivity contribution in [1.82, 2.24) is 15.4 Å². The third-order valence-electron chi connectivity index (χ3n) is 6.02. The maximum absolute atomic E-state index is 11.7. The Balaban J connectivity index is 0.000000617. The van der Waals surface area contributed by atoms with E-state index in [9.17, 15) is 19.5 Å². The normalized spacial score (nSPS) is 20.5. The predicted molar refractivity (Wildman–Crippen MR) is 154 cm³/mol. The summed E-state index contributed by atoms with van der Waals surface area (Å²) in [6, 6.07) is 0. The Labute approximate surface area is 255 Å². The van der Waals surface area contributed by atoms with Gasteiger partial charge in [-0.05, 0) is 6.42 Å². The molecule has 2 rings (SSSR count). The number of nitrogens with one attached hydrogen (secondary N) is 1. The van der Waals surface area contributed by atoms with Gasteiger partial charge in [-0.2, -0.15) is 5.10 Å². The van der Waals surface area contributed by atoms with Gasteiger partial charge in [0.1, 0.15) is 6.10 Å². The average molecular weight is 635 g/mol. The Morgan fingerprint density at radius 2 is 1.68 bits per heavy atom. The number of nitrogens with zero attached hydrogens (tertiary/aromatic N) is 4. The number of aliphatic hydroxyl groups excluding tert-OH is 3. The highest BCUT2D eigenvalue weighted by Crippen LogP contribution is 2.16. The molecule has 1 fully saturated rings. The molecule has 2 aliphatic heterocycles. The SMILES string of the molecule is N/N=C(\C=NCCOCCOCCOCCNC(=O)CCN1C(=O)C=CC1=O)CCO.OC1COC(CCN(O)O)CC1O. The van der Waals surface area contributed by atoms with Crippen LogP contribution in [0.5, 0.6) is 0 Å². The zero-order valence-corrected chi connectivity index (χ0v) is 24.7. The molecule has 0 aliphatic carbocycles. The van der Waals surface area contributed by atoms with Gasteiger partial charge in [0.15, 0.2) is 0 Å². The topological polar surface area (TPSA) is 259 Å². The highest BCUT2D eigenvalue weighted by molar-refractivity contribution is 6.30. The van der Waals surface area contributed by atoms with Gasteiger partial charge < -0.3 is 45.4 Å². The summed E-state index contributed by atoms with van der Waals surface area (Å²) >= 11 is 0. The molecule has 0 saturated carbocycles. The van der Waals surface area contributed by atoms with Crippen molar-refractivity contribution in [3.05, 3.63) is 12.2 Å². The Morgan fingerprint density at radius 3 is 2.27 bits per heavy atom. The van der Waals surface area contributed by atoms with Crippen LogP contribution in [0.15, 0.2) is 22.2 Å². The van der Waals surface area contributed by atoms with Gasteiger partial charge in [-0.15, -0.1) is 0 Å². The third-order valence-corrected chi connectivity index (χ3v) is 6.02. The van der Waals surface area contributed by atoms with Crippen LogP contribution in [-0.2, 0) is 33.3 Å². The second-order valence-electron chi connectivity index (χ2n) is 9.44. The number of imide groups is 1. The first-order valence-electron chi connectivity index (χ1n) is 14.2. The molecule has 252 valence electrons. The van der Waals surface area contributed by atoms with Crippen LogP contribution in [-0.4, -0.2) is 163 Å². The van der Waals surface area contributed by atoms with Gasteiger partial charge in [0.05, 0.1) is 77.3 Å². The standard InChI is InChI=1S/C19H31N5O7.C7H15NO5/c20-23-16(4-8-25)15-21-5-9-29-11-13-31-14-12-30-10-6-22-17(26)3-7-24-18(27)1-2-19(24)28;9-6-3-5(1-2-8(11)12)13-4-7(6)10/h1-2,15,25H,3-14,20H2,(H,22,26);5-7,9-12H,1-4H2/b21-15?,23-16-;. The summed E-state index contributed by atoms with van der Waals surface area (Å²) < 4.78 is 21.2. The van der Waals surface area contributed by atoms with Gasteiger partial charge >= 0.3 is 0 Å². The molecule has 0 radical (unpaired) electrons. The fourth-order valence-electron chi connectivity index (χ4n) is 3.62. The molecule has 0 aromatic carbocycles. The monoisotopic (exact) mass is 634 g/mol. The van der Waals surface area contributed by atoms with Crippen molar-refractivity contribution in [2.24, 2.45) is 15.9 Å². The smallest absolute Gasteiger partial charge is 0.253 e. The number of amides is 3. The van der Waals surface area contributed by atoms with Crippen molar-refractivity contribution < 1.29 is 59.1 Å². The number of ether oxygens (including phenoxy) is 4. The van der Waals surface area contributed by atoms with Crippen LogP contribution in [0, 0.1) is 0 Å². The molecule has 18 heteroatoms. The highest BCUT2D eigenvalue weighted by Gasteiger charge is 2.28. The van der Waals surface area contributed by atoms with Crippen LogP contribution in [0.1, 0.15) is 25.7 Å². The number of carbonyl (C=O) groups is 3. The molecular formula is C26H46N6O12. The summed E-state index contributed by atoms with van der Waals surface area (Å²) in [5.41, 5.74) is 0.526. The summed E-state index contributed by atoms with van der Waals surface area (Å²) in [5, 5.41) is 50.2. The maximum atomic E-state index is 11.7. The van der Waals surface area contributed by atoms with Crippen LogP contribution >= 0.6 is 0 Å². The molecule has 1 saturated heterocycles. The number of rotatable bonds is 21. The van der Waals surface area contributed by atoms with Crippen molar-refractivity contribution in [2.45, 2.75) is 44.0 Å². The molecule has 8 N–H and O–H groups in total. The quantitative estimate of drug-likeness (QED) is 0.0221. The van der Waals surface area contributed by atoms with E-state index in [0.29, 0.717) is 77.7 Å². The van der Waals surface area contributed by atoms with E-state index in [4.69, 9.17) is 45.4 Å². The number of hydrogen-bond acceptors (Lipinski definition) is 16. The zero-order chi connectivity index (χ0) is 32.6. The Morgan fingerprint density at radius 1 is 1.05 bits per heavy atom. The summed E-state index contributed by atoms with van der Waals surface area (Å²) in [5.74, 6) is 4.10. The van der Waals surface area contributed by atoms with E-state index in [-0.39, 0.29) is 50.0 Å². The number of hydrogen-bond donors (Lipinski definition) is 7. The summed E-state index contributed by atoms with van der Waals surface area (Å²) in [6.07, 6.45) is 3.23. The number of aliphatic hydroxyl groups is 3. The average Bonchev–Trinajstić information content (AvgIpc) is 3.32. The van der Waals surface area contributed by atoms with Crippen LogP contribution in [0.2, 0.25) is 0 Å². The Hall–Kier alpha value is -2.91. The molecular weight excluding hydrogens is 588 g/mol. The number of hydrazone groups is 1. The number of hydroxylamine groups is 2. The van der Waals surface area contributed by atoms with Crippen molar-refractivity contribution >= 4 is 29.6 Å². The lowest BCUT2D eigenvalue weighted by molar-refractivity contribution is -0.309. The fourth-order valence-corrected chi connectivity index (χ4v) is 3.62. The zero-order valence-electron chi connectivity index (χ0n) is 24.7. The van der Waals surface area contributed by atoms with E-state index in [0.717, 1.165) is 4.90 Å². The van der Waals surface area contributed by atoms with Crippen LogP contribution in [0.25, 0.3) is 0 Å². The van der Waals surface area contributed by atoms with Gasteiger partial charge in [0.2, 0.25) is 5.91 Å². The molecule has 3 atom stereocenters. The molecule has 0 spiro atoms. The lowest BCUT2D eigenvalue weighted by atomic mass is 10.0. The van der Waals surface area contributed by atoms with Gasteiger partial charge in [-0.3, -0.25) is 34.7 Å². The van der Waals surface area contributed by atoms with E-state index < -0.39 is 24.0 Å². The molecule has 44 heavy (non-hydrogen) atoms. The fraction of sp³-hybridized carbons (Fsp3) is 0.731. The van der Waals surface area contributed by atoms with Crippen molar-refractivity contribution in [2.75, 3.05) is 79.0 Å². The third kappa shape index (κ3) is 18.7. The highest BCUT2D eigenvalue weighted by atomic mass is 16.8. The lowest BCUT2D eigenvalue weighted by Crippen LogP contribution is -2.42. The first-order chi connectivity index (χ1) is 21.2. The number of nitrogens with two attached hydrogens (primary N) is 1. The van der Waals surface area contributed by atoms with Gasteiger partial charge in [-0.25, -0.2) is 0 Å². The Bertz CT molecular complexity index is 902. The molecule has 3 amide bonds. The lowest BCUT2D eigenvalue weighted by Gasteiger charge is -2.30. The van der Waals surface area contributed by atoms with Gasteiger partial charge in [0.25, 0.3) is 11.8 Å². The van der Waals surface area contributed by atoms with E-state index in [2.05, 4.69) is 15.4 Å². The molecule has 2 heterocycles. The summed E-state index contributed by atoms with van der Waals surface area (Å²) in [6.45, 7) is 3.39. The van der Waals surface area contributed by atoms with E-state index in [1.165, 1.54) is 18.4 Å². The summed E-state index contributed by atoms with van der Waals surface area (Å²) in [7, 11) is 0. The molecule has 0 aromatic heterocycles. The maximum Gasteiger partial charge on any atom is 0.253 e. The van der Waals surface area contributed by atoms with Crippen molar-refractivity contribution in [3.8, 4) is 0 Å². The van der Waals surface area contributed by atoms with E-state index >= 15 is 0 Å². The Kier molecular flexibility index (Phi) is 21.7. The van der Waals surface area contributed by atoms with Crippen LogP contribution in [0.4, 0.5) is 0 Å². The van der Waals surface area contributed by atoms with Crippen molar-refractivity contribution in [1.29, 1.82) is 0 Å². The molecule has 18 nitrogen and oxygen atoms in total. The van der Waals surface area contributed by atoms with Gasteiger partial charge in [0, 0.05) is 57.3 Å². The predicted octanol–water partition coefficient (Wildman–Crippen LogP) is -2.80. The minimum Gasteiger partial charge on any atom is -0.396 e. The van der Waals surface area contributed by atoms with Gasteiger partial charge in [-0.1, -0.05) is 5.23 Å². The largest absolute Gasteiger partial charge is 0.396 e. The van der Waals surface area contributed by atoms with Crippen LogP contribution in [0.3, 0.4) is 0 Å². The van der Waals surface area contributed by atoms with Crippen molar-refractivity contribution in [3.63, 3.8) is 0 Å². The second kappa shape index (κ2) is 24.4. The minimum atomic E-state index is -0.824. The summed E-state index contributed by atoms with van der Waals surface area (Å²) in [4.78, 5) is 39.5. The van der Waals surface area contributed by atoms with Crippen LogP contribution < -0.4 is 11.2 Å². The first kappa shape index (κ1) is 39.1. The van der Waals surface area contributed by atoms with E-state index in [1.54, 1.807) is 0 Å². The number of aliphatic imine (C=N–C) groups is 1. The molecule has 2 aliphatic rings. The molecule has 0 bridgehead atoms. The van der Waals surface area contributed by atoms with E-state index in [1.807, 2.05) is 0 Å². The number of carbonyl (C=O) groups excluding carboxylic acids is 3.